The molecule has 0 aliphatic carbocycles. The minimum atomic E-state index is 0.819. The number of benzene rings is 4. The van der Waals surface area contributed by atoms with Gasteiger partial charge in [-0.05, 0) is 39.2 Å². The number of nitrogens with two attached hydrogens (primary N) is 1. The van der Waals surface area contributed by atoms with E-state index in [2.05, 4.69) is 60.7 Å². The van der Waals surface area contributed by atoms with Crippen LogP contribution in [0.4, 0.5) is 5.69 Å². The van der Waals surface area contributed by atoms with Crippen LogP contribution < -0.4 is 5.73 Å². The lowest BCUT2D eigenvalue weighted by molar-refractivity contribution is 1.65. The third-order valence-electron chi connectivity index (χ3n) is 4.00. The first-order valence-electron chi connectivity index (χ1n) is 7.10. The molecule has 100 valence electrons. The standard InChI is InChI=1S/C20H15N/c21-19-12-6-5-11-18(19)20-16-9-3-1-7-14(16)13-15-8-2-4-10-17(15)20/h1-13H,21H2. The summed E-state index contributed by atoms with van der Waals surface area (Å²) in [5, 5.41) is 4.98. The number of nitrogen functional groups attached to an aromatic ring is 1. The largest absolute Gasteiger partial charge is 0.398 e. The van der Waals surface area contributed by atoms with Crippen molar-refractivity contribution in [1.29, 1.82) is 0 Å². The second kappa shape index (κ2) is 4.64. The lowest BCUT2D eigenvalue weighted by Gasteiger charge is -2.13. The first kappa shape index (κ1) is 12.0. The lowest BCUT2D eigenvalue weighted by Crippen LogP contribution is -1.91. The van der Waals surface area contributed by atoms with Crippen molar-refractivity contribution in [2.24, 2.45) is 0 Å². The highest BCUT2D eigenvalue weighted by molar-refractivity contribution is 6.14. The van der Waals surface area contributed by atoms with Gasteiger partial charge in [0.2, 0.25) is 0 Å². The summed E-state index contributed by atoms with van der Waals surface area (Å²) in [6, 6.07) is 27.3. The maximum atomic E-state index is 6.23. The first-order chi connectivity index (χ1) is 10.3. The van der Waals surface area contributed by atoms with E-state index in [9.17, 15) is 0 Å². The SMILES string of the molecule is Nc1ccccc1-c1c2ccccc2cc2ccccc12. The van der Waals surface area contributed by atoms with Gasteiger partial charge in [-0.15, -0.1) is 0 Å². The molecular weight excluding hydrogens is 254 g/mol. The highest BCUT2D eigenvalue weighted by Crippen LogP contribution is 2.38. The Labute approximate surface area is 123 Å². The second-order valence-electron chi connectivity index (χ2n) is 5.28. The van der Waals surface area contributed by atoms with Crippen molar-refractivity contribution in [3.8, 4) is 11.1 Å². The van der Waals surface area contributed by atoms with Gasteiger partial charge in [-0.3, -0.25) is 0 Å². The molecule has 21 heavy (non-hydrogen) atoms. The van der Waals surface area contributed by atoms with Crippen molar-refractivity contribution in [2.45, 2.75) is 0 Å². The van der Waals surface area contributed by atoms with E-state index >= 15 is 0 Å². The van der Waals surface area contributed by atoms with E-state index in [0.717, 1.165) is 11.3 Å². The molecule has 0 heterocycles. The molecule has 4 rings (SSSR count). The van der Waals surface area contributed by atoms with Gasteiger partial charge in [0.05, 0.1) is 0 Å². The van der Waals surface area contributed by atoms with Crippen LogP contribution in [0.1, 0.15) is 0 Å². The summed E-state index contributed by atoms with van der Waals surface area (Å²) in [5.41, 5.74) is 9.38. The van der Waals surface area contributed by atoms with Crippen LogP contribution >= 0.6 is 0 Å². The molecule has 0 radical (unpaired) electrons. The maximum absolute atomic E-state index is 6.23. The number of fused-ring (bicyclic) bond motifs is 2. The summed E-state index contributed by atoms with van der Waals surface area (Å²) in [7, 11) is 0. The molecule has 0 bridgehead atoms. The Bertz CT molecular complexity index is 900. The van der Waals surface area contributed by atoms with Crippen LogP contribution in [0.2, 0.25) is 0 Å². The number of rotatable bonds is 1. The van der Waals surface area contributed by atoms with E-state index in [0.29, 0.717) is 0 Å². The fourth-order valence-electron chi connectivity index (χ4n) is 3.03. The highest BCUT2D eigenvalue weighted by atomic mass is 14.6. The van der Waals surface area contributed by atoms with Crippen molar-refractivity contribution >= 4 is 27.2 Å². The van der Waals surface area contributed by atoms with E-state index in [1.807, 2.05) is 18.2 Å². The van der Waals surface area contributed by atoms with Crippen molar-refractivity contribution < 1.29 is 0 Å². The smallest absolute Gasteiger partial charge is 0.0394 e. The number of para-hydroxylation sites is 1. The highest BCUT2D eigenvalue weighted by Gasteiger charge is 2.11. The first-order valence-corrected chi connectivity index (χ1v) is 7.10. The molecule has 0 atom stereocenters. The zero-order valence-corrected chi connectivity index (χ0v) is 11.6. The van der Waals surface area contributed by atoms with Crippen molar-refractivity contribution in [3.05, 3.63) is 78.9 Å². The Morgan fingerprint density at radius 3 is 1.71 bits per heavy atom. The Kier molecular flexibility index (Phi) is 2.65. The predicted molar refractivity (Wildman–Crippen MR) is 91.3 cm³/mol. The van der Waals surface area contributed by atoms with Crippen molar-refractivity contribution in [2.75, 3.05) is 5.73 Å². The number of anilines is 1. The molecule has 0 saturated heterocycles. The topological polar surface area (TPSA) is 26.0 Å². The van der Waals surface area contributed by atoms with Crippen LogP contribution in [0.25, 0.3) is 32.7 Å². The van der Waals surface area contributed by atoms with Gasteiger partial charge >= 0.3 is 0 Å². The van der Waals surface area contributed by atoms with Gasteiger partial charge in [0.25, 0.3) is 0 Å². The zero-order chi connectivity index (χ0) is 14.2. The van der Waals surface area contributed by atoms with Gasteiger partial charge in [0, 0.05) is 11.3 Å². The lowest BCUT2D eigenvalue weighted by atomic mass is 9.91. The van der Waals surface area contributed by atoms with Gasteiger partial charge in [-0.2, -0.15) is 0 Å². The van der Waals surface area contributed by atoms with E-state index in [-0.39, 0.29) is 0 Å². The second-order valence-corrected chi connectivity index (χ2v) is 5.28. The number of hydrogen-bond acceptors (Lipinski definition) is 1. The third kappa shape index (κ3) is 1.86. The summed E-state index contributed by atoms with van der Waals surface area (Å²) < 4.78 is 0. The summed E-state index contributed by atoms with van der Waals surface area (Å²) in [4.78, 5) is 0. The molecule has 0 aliphatic heterocycles. The fourth-order valence-corrected chi connectivity index (χ4v) is 3.03. The molecule has 4 aromatic rings. The van der Waals surface area contributed by atoms with Gasteiger partial charge in [-0.1, -0.05) is 66.7 Å². The minimum Gasteiger partial charge on any atom is -0.398 e. The van der Waals surface area contributed by atoms with Gasteiger partial charge < -0.3 is 5.73 Å². The zero-order valence-electron chi connectivity index (χ0n) is 11.6. The van der Waals surface area contributed by atoms with E-state index in [4.69, 9.17) is 5.73 Å². The van der Waals surface area contributed by atoms with Gasteiger partial charge in [0.1, 0.15) is 0 Å². The van der Waals surface area contributed by atoms with Crippen LogP contribution in [-0.4, -0.2) is 0 Å². The fraction of sp³-hybridized carbons (Fsp3) is 0. The van der Waals surface area contributed by atoms with Gasteiger partial charge in [-0.25, -0.2) is 0 Å². The molecule has 0 fully saturated rings. The molecule has 0 saturated carbocycles. The summed E-state index contributed by atoms with van der Waals surface area (Å²) in [5.74, 6) is 0. The third-order valence-corrected chi connectivity index (χ3v) is 4.00. The van der Waals surface area contributed by atoms with Crippen LogP contribution in [0.5, 0.6) is 0 Å². The molecule has 2 N–H and O–H groups in total. The normalized spacial score (nSPS) is 11.0. The van der Waals surface area contributed by atoms with Crippen LogP contribution in [-0.2, 0) is 0 Å². The Balaban J connectivity index is 2.25. The summed E-state index contributed by atoms with van der Waals surface area (Å²) >= 11 is 0. The molecule has 1 nitrogen and oxygen atoms in total. The Morgan fingerprint density at radius 2 is 1.10 bits per heavy atom. The van der Waals surface area contributed by atoms with E-state index in [1.54, 1.807) is 0 Å². The molecular formula is C20H15N. The molecule has 0 amide bonds. The average molecular weight is 269 g/mol. The van der Waals surface area contributed by atoms with Crippen LogP contribution in [0.15, 0.2) is 78.9 Å². The minimum absolute atomic E-state index is 0.819. The summed E-state index contributed by atoms with van der Waals surface area (Å²) in [6.45, 7) is 0. The van der Waals surface area contributed by atoms with Crippen molar-refractivity contribution in [3.63, 3.8) is 0 Å². The summed E-state index contributed by atoms with van der Waals surface area (Å²) in [6.07, 6.45) is 0. The Morgan fingerprint density at radius 1 is 0.571 bits per heavy atom. The molecule has 0 spiro atoms. The number of hydrogen-bond donors (Lipinski definition) is 1. The molecule has 1 heteroatoms. The molecule has 4 aromatic carbocycles. The van der Waals surface area contributed by atoms with E-state index < -0.39 is 0 Å². The quantitative estimate of drug-likeness (QED) is 0.371. The maximum Gasteiger partial charge on any atom is 0.0394 e. The Hall–Kier alpha value is -2.80. The van der Waals surface area contributed by atoms with Crippen LogP contribution in [0.3, 0.4) is 0 Å². The average Bonchev–Trinajstić information content (AvgIpc) is 2.53. The molecule has 0 unspecified atom stereocenters. The molecule has 0 aromatic heterocycles. The predicted octanol–water partition coefficient (Wildman–Crippen LogP) is 5.24. The van der Waals surface area contributed by atoms with E-state index in [1.165, 1.54) is 27.1 Å². The molecule has 0 aliphatic rings. The van der Waals surface area contributed by atoms with Crippen molar-refractivity contribution in [1.82, 2.24) is 0 Å². The van der Waals surface area contributed by atoms with Crippen LogP contribution in [0, 0.1) is 0 Å². The monoisotopic (exact) mass is 269 g/mol. The van der Waals surface area contributed by atoms with Gasteiger partial charge in [0.15, 0.2) is 0 Å².